The predicted octanol–water partition coefficient (Wildman–Crippen LogP) is 4.76. The Bertz CT molecular complexity index is 481. The first-order chi connectivity index (χ1) is 7.20. The second kappa shape index (κ2) is 4.80. The molecular weight excluding hydrogens is 390 g/mol. The molecule has 0 saturated carbocycles. The van der Waals surface area contributed by atoms with E-state index in [2.05, 4.69) is 52.9 Å². The third-order valence-electron chi connectivity index (χ3n) is 1.90. The van der Waals surface area contributed by atoms with Crippen LogP contribution in [-0.2, 0) is 5.33 Å². The average Bonchev–Trinajstić information content (AvgIpc) is 2.70. The fourth-order valence-electron chi connectivity index (χ4n) is 1.20. The Morgan fingerprint density at radius 1 is 1.20 bits per heavy atom. The van der Waals surface area contributed by atoms with Gasteiger partial charge in [0.15, 0.2) is 0 Å². The van der Waals surface area contributed by atoms with Gasteiger partial charge in [0.2, 0.25) is 0 Å². The van der Waals surface area contributed by atoms with E-state index < -0.39 is 0 Å². The summed E-state index contributed by atoms with van der Waals surface area (Å²) in [6.07, 6.45) is 0. The molecule has 2 nitrogen and oxygen atoms in total. The quantitative estimate of drug-likeness (QED) is 0.685. The Morgan fingerprint density at radius 3 is 2.67 bits per heavy atom. The van der Waals surface area contributed by atoms with Gasteiger partial charge in [-0.15, -0.1) is 0 Å². The van der Waals surface area contributed by atoms with Crippen LogP contribution in [0.2, 0.25) is 0 Å². The van der Waals surface area contributed by atoms with Crippen LogP contribution in [0.25, 0.3) is 11.3 Å². The number of hydrogen-bond acceptors (Lipinski definition) is 2. The number of benzene rings is 1. The van der Waals surface area contributed by atoms with Gasteiger partial charge in [-0.05, 0) is 18.2 Å². The Kier molecular flexibility index (Phi) is 3.64. The van der Waals surface area contributed by atoms with Gasteiger partial charge >= 0.3 is 0 Å². The van der Waals surface area contributed by atoms with Gasteiger partial charge in [-0.3, -0.25) is 0 Å². The number of nitrogens with zero attached hydrogens (tertiary/aromatic N) is 1. The molecule has 0 aliphatic rings. The van der Waals surface area contributed by atoms with Gasteiger partial charge in [0.05, 0.1) is 5.33 Å². The van der Waals surface area contributed by atoms with Crippen molar-refractivity contribution in [2.24, 2.45) is 0 Å². The molecule has 2 rings (SSSR count). The van der Waals surface area contributed by atoms with Crippen molar-refractivity contribution in [2.75, 3.05) is 0 Å². The first-order valence-electron chi connectivity index (χ1n) is 4.17. The number of aromatic nitrogens is 1. The SMILES string of the molecule is BrCc1cc(-c2cc(Br)ccc2Br)no1. The van der Waals surface area contributed by atoms with Crippen LogP contribution < -0.4 is 0 Å². The molecule has 0 saturated heterocycles. The summed E-state index contributed by atoms with van der Waals surface area (Å²) in [5.41, 5.74) is 1.85. The third kappa shape index (κ3) is 2.52. The summed E-state index contributed by atoms with van der Waals surface area (Å²) in [7, 11) is 0. The Labute approximate surface area is 112 Å². The van der Waals surface area contributed by atoms with Crippen molar-refractivity contribution in [3.05, 3.63) is 39.0 Å². The Morgan fingerprint density at radius 2 is 2.00 bits per heavy atom. The van der Waals surface area contributed by atoms with Crippen molar-refractivity contribution in [1.29, 1.82) is 0 Å². The van der Waals surface area contributed by atoms with Crippen molar-refractivity contribution in [2.45, 2.75) is 5.33 Å². The lowest BCUT2D eigenvalue weighted by Gasteiger charge is -1.99. The summed E-state index contributed by atoms with van der Waals surface area (Å²) >= 11 is 10.2. The molecule has 0 unspecified atom stereocenters. The highest BCUT2D eigenvalue weighted by atomic mass is 79.9. The third-order valence-corrected chi connectivity index (χ3v) is 3.63. The molecule has 5 heteroatoms. The van der Waals surface area contributed by atoms with E-state index >= 15 is 0 Å². The molecule has 0 aliphatic carbocycles. The van der Waals surface area contributed by atoms with Crippen LogP contribution in [0.1, 0.15) is 5.76 Å². The number of halogens is 3. The molecule has 1 aromatic heterocycles. The van der Waals surface area contributed by atoms with E-state index in [0.717, 1.165) is 26.0 Å². The molecular formula is C10H6Br3NO. The van der Waals surface area contributed by atoms with Gasteiger partial charge in [0.25, 0.3) is 0 Å². The minimum Gasteiger partial charge on any atom is -0.360 e. The second-order valence-corrected chi connectivity index (χ2v) is 5.27. The highest BCUT2D eigenvalue weighted by Gasteiger charge is 2.09. The zero-order valence-corrected chi connectivity index (χ0v) is 12.3. The van der Waals surface area contributed by atoms with E-state index in [4.69, 9.17) is 4.52 Å². The van der Waals surface area contributed by atoms with E-state index in [0.29, 0.717) is 5.33 Å². The van der Waals surface area contributed by atoms with Gasteiger partial charge < -0.3 is 4.52 Å². The molecule has 0 bridgehead atoms. The van der Waals surface area contributed by atoms with Gasteiger partial charge in [0.1, 0.15) is 11.5 Å². The summed E-state index contributed by atoms with van der Waals surface area (Å²) in [5, 5.41) is 4.68. The minimum atomic E-state index is 0.672. The molecule has 0 radical (unpaired) electrons. The maximum atomic E-state index is 5.13. The van der Waals surface area contributed by atoms with Crippen molar-refractivity contribution in [3.63, 3.8) is 0 Å². The van der Waals surface area contributed by atoms with Crippen molar-refractivity contribution >= 4 is 47.8 Å². The van der Waals surface area contributed by atoms with Crippen LogP contribution in [-0.4, -0.2) is 5.16 Å². The summed E-state index contributed by atoms with van der Waals surface area (Å²) < 4.78 is 7.15. The smallest absolute Gasteiger partial charge is 0.147 e. The summed E-state index contributed by atoms with van der Waals surface area (Å²) in [6, 6.07) is 7.86. The van der Waals surface area contributed by atoms with Crippen molar-refractivity contribution in [3.8, 4) is 11.3 Å². The minimum absolute atomic E-state index is 0.672. The molecule has 1 heterocycles. The van der Waals surface area contributed by atoms with Crippen LogP contribution in [0.3, 0.4) is 0 Å². The summed E-state index contributed by atoms with van der Waals surface area (Å²) in [6.45, 7) is 0. The monoisotopic (exact) mass is 393 g/mol. The summed E-state index contributed by atoms with van der Waals surface area (Å²) in [5.74, 6) is 0.817. The van der Waals surface area contributed by atoms with E-state index in [1.165, 1.54) is 0 Å². The van der Waals surface area contributed by atoms with E-state index in [1.54, 1.807) is 0 Å². The van der Waals surface area contributed by atoms with Crippen LogP contribution in [0.5, 0.6) is 0 Å². The molecule has 2 aromatic rings. The number of alkyl halides is 1. The average molecular weight is 396 g/mol. The van der Waals surface area contributed by atoms with Crippen LogP contribution >= 0.6 is 47.8 Å². The molecule has 78 valence electrons. The van der Waals surface area contributed by atoms with E-state index in [9.17, 15) is 0 Å². The van der Waals surface area contributed by atoms with Gasteiger partial charge in [-0.25, -0.2) is 0 Å². The molecule has 0 N–H and O–H groups in total. The molecule has 0 amide bonds. The van der Waals surface area contributed by atoms with E-state index in [-0.39, 0.29) is 0 Å². The van der Waals surface area contributed by atoms with Gasteiger partial charge in [-0.1, -0.05) is 52.9 Å². The highest BCUT2D eigenvalue weighted by Crippen LogP contribution is 2.30. The summed E-state index contributed by atoms with van der Waals surface area (Å²) in [4.78, 5) is 0. The Balaban J connectivity index is 2.48. The molecule has 1 aromatic carbocycles. The highest BCUT2D eigenvalue weighted by molar-refractivity contribution is 9.11. The molecule has 0 atom stereocenters. The Hall–Kier alpha value is -0.130. The number of hydrogen-bond donors (Lipinski definition) is 0. The maximum absolute atomic E-state index is 5.13. The molecule has 15 heavy (non-hydrogen) atoms. The standard InChI is InChI=1S/C10H6Br3NO/c11-5-7-4-10(14-15-7)8-3-6(12)1-2-9(8)13/h1-4H,5H2. The lowest BCUT2D eigenvalue weighted by molar-refractivity contribution is 0.398. The first-order valence-corrected chi connectivity index (χ1v) is 6.88. The molecule has 0 spiro atoms. The number of rotatable bonds is 2. The van der Waals surface area contributed by atoms with Crippen molar-refractivity contribution in [1.82, 2.24) is 5.16 Å². The normalized spacial score (nSPS) is 10.6. The molecule has 0 aliphatic heterocycles. The zero-order chi connectivity index (χ0) is 10.8. The van der Waals surface area contributed by atoms with Gasteiger partial charge in [0, 0.05) is 20.6 Å². The topological polar surface area (TPSA) is 26.0 Å². The fourth-order valence-corrected chi connectivity index (χ4v) is 2.27. The first kappa shape index (κ1) is 11.4. The van der Waals surface area contributed by atoms with E-state index in [1.807, 2.05) is 24.3 Å². The van der Waals surface area contributed by atoms with Crippen molar-refractivity contribution < 1.29 is 4.52 Å². The maximum Gasteiger partial charge on any atom is 0.147 e. The predicted molar refractivity (Wildman–Crippen MR) is 70.0 cm³/mol. The van der Waals surface area contributed by atoms with Crippen LogP contribution in [0, 0.1) is 0 Å². The molecule has 0 fully saturated rings. The zero-order valence-electron chi connectivity index (χ0n) is 7.51. The second-order valence-electron chi connectivity index (χ2n) is 2.94. The van der Waals surface area contributed by atoms with Gasteiger partial charge in [-0.2, -0.15) is 0 Å². The lowest BCUT2D eigenvalue weighted by atomic mass is 10.1. The van der Waals surface area contributed by atoms with Crippen LogP contribution in [0.4, 0.5) is 0 Å². The van der Waals surface area contributed by atoms with Crippen LogP contribution in [0.15, 0.2) is 37.7 Å². The fraction of sp³-hybridized carbons (Fsp3) is 0.100. The largest absolute Gasteiger partial charge is 0.360 e. The lowest BCUT2D eigenvalue weighted by Crippen LogP contribution is -1.79.